The van der Waals surface area contributed by atoms with Gasteiger partial charge in [0, 0.05) is 27.8 Å². The second kappa shape index (κ2) is 13.3. The van der Waals surface area contributed by atoms with Crippen LogP contribution in [0.25, 0.3) is 0 Å². The van der Waals surface area contributed by atoms with Gasteiger partial charge in [0.05, 0.1) is 6.61 Å². The summed E-state index contributed by atoms with van der Waals surface area (Å²) >= 11 is 0. The van der Waals surface area contributed by atoms with Gasteiger partial charge in [-0.3, -0.25) is 0 Å². The second-order valence-corrected chi connectivity index (χ2v) is 13.1. The van der Waals surface area contributed by atoms with Gasteiger partial charge in [-0.25, -0.2) is 0 Å². The Balaban J connectivity index is 2.28. The Hall–Kier alpha value is -1.28. The lowest BCUT2D eigenvalue weighted by molar-refractivity contribution is -0.328. The molecule has 7 nitrogen and oxygen atoms in total. The fourth-order valence-corrected chi connectivity index (χ4v) is 3.91. The molecule has 174 valence electrons. The maximum Gasteiger partial charge on any atom is 0.186 e. The van der Waals surface area contributed by atoms with E-state index in [4.69, 9.17) is 33.2 Å². The number of rotatable bonds is 11. The van der Waals surface area contributed by atoms with E-state index < -0.39 is 32.7 Å². The van der Waals surface area contributed by atoms with E-state index in [9.17, 15) is 0 Å². The Morgan fingerprint density at radius 2 is 1.52 bits per heavy atom. The summed E-state index contributed by atoms with van der Waals surface area (Å²) in [6, 6.07) is 9.98. The Bertz CT molecular complexity index is 683. The summed E-state index contributed by atoms with van der Waals surface area (Å²) in [5, 5.41) is 0. The van der Waals surface area contributed by atoms with Crippen molar-refractivity contribution < 1.29 is 33.2 Å². The molecule has 0 bridgehead atoms. The van der Waals surface area contributed by atoms with Gasteiger partial charge in [-0.15, -0.1) is 11.5 Å². The first-order valence-electron chi connectivity index (χ1n) is 10.4. The van der Waals surface area contributed by atoms with Gasteiger partial charge in [-0.1, -0.05) is 50.0 Å². The highest BCUT2D eigenvalue weighted by Crippen LogP contribution is 2.30. The molecule has 0 spiro atoms. The molecule has 1 aliphatic rings. The molecule has 5 atom stereocenters. The molecule has 0 N–H and O–H groups in total. The van der Waals surface area contributed by atoms with Crippen molar-refractivity contribution in [2.75, 3.05) is 34.9 Å². The fourth-order valence-electron chi connectivity index (χ4n) is 3.28. The summed E-state index contributed by atoms with van der Waals surface area (Å²) in [5.74, 6) is 3.30. The maximum atomic E-state index is 6.34. The molecule has 8 heteroatoms. The zero-order chi connectivity index (χ0) is 22.7. The molecule has 1 saturated heterocycles. The van der Waals surface area contributed by atoms with Gasteiger partial charge in [0.1, 0.15) is 46.1 Å². The Morgan fingerprint density at radius 1 is 0.871 bits per heavy atom. The van der Waals surface area contributed by atoms with E-state index in [1.165, 1.54) is 0 Å². The van der Waals surface area contributed by atoms with Crippen LogP contribution < -0.4 is 0 Å². The molecule has 1 aliphatic heterocycles. The molecule has 0 saturated carbocycles. The van der Waals surface area contributed by atoms with Crippen LogP contribution in [0.5, 0.6) is 0 Å². The predicted molar refractivity (Wildman–Crippen MR) is 120 cm³/mol. The van der Waals surface area contributed by atoms with Crippen LogP contribution >= 0.6 is 0 Å². The zero-order valence-corrected chi connectivity index (χ0v) is 20.5. The molecule has 0 unspecified atom stereocenters. The average molecular weight is 453 g/mol. The highest BCUT2D eigenvalue weighted by atomic mass is 28.3. The quantitative estimate of drug-likeness (QED) is 0.290. The predicted octanol–water partition coefficient (Wildman–Crippen LogP) is 3.19. The molecule has 2 rings (SSSR count). The first kappa shape index (κ1) is 26.0. The van der Waals surface area contributed by atoms with Crippen LogP contribution in [0.15, 0.2) is 30.3 Å². The highest BCUT2D eigenvalue weighted by Gasteiger charge is 2.48. The van der Waals surface area contributed by atoms with Crippen LogP contribution in [0.4, 0.5) is 0 Å². The van der Waals surface area contributed by atoms with Crippen molar-refractivity contribution in [3.63, 3.8) is 0 Å². The van der Waals surface area contributed by atoms with Gasteiger partial charge < -0.3 is 33.2 Å². The smallest absolute Gasteiger partial charge is 0.186 e. The Kier molecular flexibility index (Phi) is 11.1. The van der Waals surface area contributed by atoms with Gasteiger partial charge in [0.2, 0.25) is 0 Å². The van der Waals surface area contributed by atoms with Crippen LogP contribution in [-0.4, -0.2) is 73.7 Å². The van der Waals surface area contributed by atoms with Crippen molar-refractivity contribution in [3.8, 4) is 11.5 Å². The van der Waals surface area contributed by atoms with E-state index in [0.29, 0.717) is 13.0 Å². The van der Waals surface area contributed by atoms with Crippen LogP contribution in [0.1, 0.15) is 12.0 Å². The SMILES string of the molecule is COCO[C@@H]1[C@@H](OCOC)[C@@H](OC)O[C@H](CC#C[Si](C)(C)C)[C@H]1OCc1ccccc1. The molecule has 0 aromatic heterocycles. The first-order chi connectivity index (χ1) is 14.9. The number of methoxy groups -OCH3 is 3. The third kappa shape index (κ3) is 8.64. The summed E-state index contributed by atoms with van der Waals surface area (Å²) in [6.07, 6.45) is -1.96. The van der Waals surface area contributed by atoms with Crippen molar-refractivity contribution in [1.82, 2.24) is 0 Å². The van der Waals surface area contributed by atoms with E-state index in [1.807, 2.05) is 30.3 Å². The molecule has 0 aliphatic carbocycles. The number of hydrogen-bond donors (Lipinski definition) is 0. The molecule has 1 heterocycles. The largest absolute Gasteiger partial charge is 0.368 e. The van der Waals surface area contributed by atoms with E-state index >= 15 is 0 Å². The van der Waals surface area contributed by atoms with E-state index in [-0.39, 0.29) is 19.7 Å². The number of benzene rings is 1. The first-order valence-corrected chi connectivity index (χ1v) is 13.9. The number of hydrogen-bond acceptors (Lipinski definition) is 7. The van der Waals surface area contributed by atoms with Crippen LogP contribution in [-0.2, 0) is 39.8 Å². The zero-order valence-electron chi connectivity index (χ0n) is 19.5. The van der Waals surface area contributed by atoms with Gasteiger partial charge in [-0.05, 0) is 5.56 Å². The van der Waals surface area contributed by atoms with Gasteiger partial charge in [-0.2, -0.15) is 0 Å². The van der Waals surface area contributed by atoms with Crippen LogP contribution in [0.3, 0.4) is 0 Å². The van der Waals surface area contributed by atoms with Crippen LogP contribution in [0, 0.1) is 11.5 Å². The minimum Gasteiger partial charge on any atom is -0.368 e. The van der Waals surface area contributed by atoms with E-state index in [2.05, 4.69) is 31.1 Å². The molecule has 0 radical (unpaired) electrons. The van der Waals surface area contributed by atoms with Gasteiger partial charge in [0.15, 0.2) is 6.29 Å². The molecular formula is C23H36O7Si. The summed E-state index contributed by atoms with van der Waals surface area (Å²) in [4.78, 5) is 0. The lowest BCUT2D eigenvalue weighted by Gasteiger charge is -2.45. The lowest BCUT2D eigenvalue weighted by atomic mass is 9.96. The summed E-state index contributed by atoms with van der Waals surface area (Å²) in [7, 11) is 3.21. The minimum atomic E-state index is -1.51. The lowest BCUT2D eigenvalue weighted by Crippen LogP contribution is -2.60. The molecule has 31 heavy (non-hydrogen) atoms. The van der Waals surface area contributed by atoms with Gasteiger partial charge in [0.25, 0.3) is 0 Å². The average Bonchev–Trinajstić information content (AvgIpc) is 2.75. The van der Waals surface area contributed by atoms with Crippen molar-refractivity contribution in [1.29, 1.82) is 0 Å². The summed E-state index contributed by atoms with van der Waals surface area (Å²) in [5.41, 5.74) is 4.45. The minimum absolute atomic E-state index is 0.0756. The summed E-state index contributed by atoms with van der Waals surface area (Å²) in [6.45, 7) is 7.21. The normalized spacial score (nSPS) is 26.3. The van der Waals surface area contributed by atoms with Crippen molar-refractivity contribution in [2.24, 2.45) is 0 Å². The fraction of sp³-hybridized carbons (Fsp3) is 0.652. The molecule has 1 fully saturated rings. The topological polar surface area (TPSA) is 64.6 Å². The summed E-state index contributed by atoms with van der Waals surface area (Å²) < 4.78 is 40.3. The molecular weight excluding hydrogens is 416 g/mol. The molecule has 0 amide bonds. The second-order valence-electron chi connectivity index (χ2n) is 8.37. The van der Waals surface area contributed by atoms with E-state index in [1.54, 1.807) is 21.3 Å². The Labute approximate surface area is 187 Å². The highest BCUT2D eigenvalue weighted by molar-refractivity contribution is 6.83. The maximum absolute atomic E-state index is 6.34. The third-order valence-electron chi connectivity index (χ3n) is 4.63. The van der Waals surface area contributed by atoms with Crippen LogP contribution in [0.2, 0.25) is 19.6 Å². The molecule has 1 aromatic rings. The van der Waals surface area contributed by atoms with Gasteiger partial charge >= 0.3 is 0 Å². The Morgan fingerprint density at radius 3 is 2.10 bits per heavy atom. The third-order valence-corrected chi connectivity index (χ3v) is 5.56. The van der Waals surface area contributed by atoms with Crippen molar-refractivity contribution >= 4 is 8.07 Å². The van der Waals surface area contributed by atoms with Crippen molar-refractivity contribution in [3.05, 3.63) is 35.9 Å². The number of ether oxygens (including phenoxy) is 7. The van der Waals surface area contributed by atoms with Crippen molar-refractivity contribution in [2.45, 2.75) is 63.4 Å². The monoisotopic (exact) mass is 452 g/mol. The standard InChI is InChI=1S/C23H36O7Si/c1-24-16-28-21-20(27-15-18-11-8-7-9-12-18)19(13-10-14-31(4,5)6)30-23(26-3)22(21)29-17-25-2/h7-9,11-12,19-23H,13,15-17H2,1-6H3/t19-,20-,21+,22-,23+/m1/s1. The van der Waals surface area contributed by atoms with E-state index in [0.717, 1.165) is 5.56 Å². The molecule has 1 aromatic carbocycles.